The summed E-state index contributed by atoms with van der Waals surface area (Å²) in [5.74, 6) is -0.0889. The summed E-state index contributed by atoms with van der Waals surface area (Å²) in [7, 11) is 0. The van der Waals surface area contributed by atoms with Crippen molar-refractivity contribution in [3.63, 3.8) is 0 Å². The van der Waals surface area contributed by atoms with Gasteiger partial charge in [-0.05, 0) is 61.2 Å². The molecule has 0 radical (unpaired) electrons. The van der Waals surface area contributed by atoms with E-state index in [0.717, 1.165) is 35.7 Å². The first-order valence-corrected chi connectivity index (χ1v) is 9.45. The third kappa shape index (κ3) is 3.78. The normalized spacial score (nSPS) is 16.9. The van der Waals surface area contributed by atoms with Crippen molar-refractivity contribution >= 4 is 34.1 Å². The maximum atomic E-state index is 13.3. The lowest BCUT2D eigenvalue weighted by Crippen LogP contribution is -2.31. The van der Waals surface area contributed by atoms with Crippen molar-refractivity contribution in [1.82, 2.24) is 10.3 Å². The van der Waals surface area contributed by atoms with Crippen LogP contribution in [-0.4, -0.2) is 30.5 Å². The molecular weight excluding hydrogens is 365 g/mol. The van der Waals surface area contributed by atoms with Gasteiger partial charge in [0.2, 0.25) is 0 Å². The van der Waals surface area contributed by atoms with Gasteiger partial charge < -0.3 is 15.2 Å². The van der Waals surface area contributed by atoms with Crippen LogP contribution in [-0.2, 0) is 0 Å². The molecule has 1 aliphatic heterocycles. The van der Waals surface area contributed by atoms with Crippen LogP contribution in [0.5, 0.6) is 0 Å². The first kappa shape index (κ1) is 17.9. The van der Waals surface area contributed by atoms with Crippen LogP contribution < -0.4 is 10.2 Å². The number of carbonyl (C=O) groups excluding carboxylic acids is 1. The van der Waals surface area contributed by atoms with Crippen LogP contribution in [0.1, 0.15) is 22.5 Å². The van der Waals surface area contributed by atoms with Crippen molar-refractivity contribution in [3.05, 3.63) is 64.6 Å². The number of aromatic nitrogens is 1. The summed E-state index contributed by atoms with van der Waals surface area (Å²) in [5.41, 5.74) is 3.57. The Bertz CT molecular complexity index is 1000. The number of carbonyl (C=O) groups is 1. The van der Waals surface area contributed by atoms with E-state index < -0.39 is 0 Å². The monoisotopic (exact) mass is 385 g/mol. The molecule has 1 saturated heterocycles. The number of hydrogen-bond acceptors (Lipinski definition) is 2. The van der Waals surface area contributed by atoms with Gasteiger partial charge in [0.1, 0.15) is 11.5 Å². The molecule has 0 aliphatic carbocycles. The molecule has 2 heterocycles. The zero-order valence-corrected chi connectivity index (χ0v) is 15.8. The Labute approximate surface area is 162 Å². The summed E-state index contributed by atoms with van der Waals surface area (Å²) in [5, 5.41) is 4.43. The zero-order valence-electron chi connectivity index (χ0n) is 15.1. The number of aryl methyl sites for hydroxylation is 1. The van der Waals surface area contributed by atoms with Crippen LogP contribution in [0, 0.1) is 18.7 Å². The van der Waals surface area contributed by atoms with E-state index in [1.165, 1.54) is 17.7 Å². The molecule has 4 rings (SSSR count). The van der Waals surface area contributed by atoms with Crippen molar-refractivity contribution in [3.8, 4) is 0 Å². The van der Waals surface area contributed by atoms with Crippen molar-refractivity contribution in [1.29, 1.82) is 0 Å². The summed E-state index contributed by atoms with van der Waals surface area (Å²) in [4.78, 5) is 17.8. The molecule has 1 atom stereocenters. The number of hydrogen-bond donors (Lipinski definition) is 2. The largest absolute Gasteiger partial charge is 0.371 e. The average molecular weight is 386 g/mol. The number of amides is 1. The Morgan fingerprint density at radius 1 is 1.30 bits per heavy atom. The Kier molecular flexibility index (Phi) is 4.79. The van der Waals surface area contributed by atoms with Crippen molar-refractivity contribution < 1.29 is 9.18 Å². The molecule has 1 unspecified atom stereocenters. The molecular formula is C21H21ClFN3O. The van der Waals surface area contributed by atoms with Crippen LogP contribution in [0.4, 0.5) is 10.1 Å². The topological polar surface area (TPSA) is 48.1 Å². The van der Waals surface area contributed by atoms with Gasteiger partial charge in [0.15, 0.2) is 0 Å². The summed E-state index contributed by atoms with van der Waals surface area (Å²) >= 11 is 6.13. The lowest BCUT2D eigenvalue weighted by atomic mass is 10.1. The van der Waals surface area contributed by atoms with Gasteiger partial charge in [-0.3, -0.25) is 4.79 Å². The van der Waals surface area contributed by atoms with E-state index in [-0.39, 0.29) is 11.7 Å². The minimum atomic E-state index is -0.309. The highest BCUT2D eigenvalue weighted by atomic mass is 35.5. The van der Waals surface area contributed by atoms with Crippen LogP contribution in [0.2, 0.25) is 5.02 Å². The van der Waals surface area contributed by atoms with Crippen LogP contribution in [0.15, 0.2) is 42.5 Å². The predicted molar refractivity (Wildman–Crippen MR) is 107 cm³/mol. The van der Waals surface area contributed by atoms with Gasteiger partial charge in [0.05, 0.1) is 0 Å². The lowest BCUT2D eigenvalue weighted by Gasteiger charge is -2.21. The quantitative estimate of drug-likeness (QED) is 0.693. The van der Waals surface area contributed by atoms with E-state index in [9.17, 15) is 9.18 Å². The molecule has 2 aromatic carbocycles. The van der Waals surface area contributed by atoms with Gasteiger partial charge in [-0.15, -0.1) is 0 Å². The highest BCUT2D eigenvalue weighted by molar-refractivity contribution is 6.30. The molecule has 1 aliphatic rings. The molecule has 2 N–H and O–H groups in total. The van der Waals surface area contributed by atoms with E-state index >= 15 is 0 Å². The number of anilines is 1. The fraction of sp³-hybridized carbons (Fsp3) is 0.286. The minimum absolute atomic E-state index is 0.163. The van der Waals surface area contributed by atoms with E-state index in [0.29, 0.717) is 23.5 Å². The SMILES string of the molecule is Cc1ccc(Cl)cc1N1CCC(CNC(=O)c2cc3cc(F)ccc3[nH]2)C1. The number of fused-ring (bicyclic) bond motifs is 1. The molecule has 6 heteroatoms. The Morgan fingerprint density at radius 2 is 2.15 bits per heavy atom. The Hall–Kier alpha value is -2.53. The fourth-order valence-electron chi connectivity index (χ4n) is 3.70. The Morgan fingerprint density at radius 3 is 3.00 bits per heavy atom. The standard InChI is InChI=1S/C21H21ClFN3O/c1-13-2-3-16(22)10-20(13)26-7-6-14(12-26)11-24-21(27)19-9-15-8-17(23)4-5-18(15)25-19/h2-5,8-10,14,25H,6-7,11-12H2,1H3,(H,24,27). The fourth-order valence-corrected chi connectivity index (χ4v) is 3.87. The van der Waals surface area contributed by atoms with E-state index in [1.807, 2.05) is 18.2 Å². The van der Waals surface area contributed by atoms with E-state index in [4.69, 9.17) is 11.6 Å². The first-order chi connectivity index (χ1) is 13.0. The first-order valence-electron chi connectivity index (χ1n) is 9.07. The second-order valence-electron chi connectivity index (χ2n) is 7.16. The lowest BCUT2D eigenvalue weighted by molar-refractivity contribution is 0.0944. The summed E-state index contributed by atoms with van der Waals surface area (Å²) in [6, 6.07) is 12.1. The molecule has 0 spiro atoms. The third-order valence-corrected chi connectivity index (χ3v) is 5.41. The van der Waals surface area contributed by atoms with Gasteiger partial charge >= 0.3 is 0 Å². The second kappa shape index (κ2) is 7.24. The Balaban J connectivity index is 1.37. The maximum absolute atomic E-state index is 13.3. The molecule has 27 heavy (non-hydrogen) atoms. The molecule has 1 fully saturated rings. The number of nitrogens with zero attached hydrogens (tertiary/aromatic N) is 1. The van der Waals surface area contributed by atoms with Crippen molar-refractivity contribution in [2.45, 2.75) is 13.3 Å². The number of benzene rings is 2. The molecule has 3 aromatic rings. The second-order valence-corrected chi connectivity index (χ2v) is 7.59. The van der Waals surface area contributed by atoms with Gasteiger partial charge in [0, 0.05) is 41.2 Å². The third-order valence-electron chi connectivity index (χ3n) is 5.18. The number of rotatable bonds is 4. The maximum Gasteiger partial charge on any atom is 0.267 e. The molecule has 1 amide bonds. The predicted octanol–water partition coefficient (Wildman–Crippen LogP) is 4.53. The summed E-state index contributed by atoms with van der Waals surface area (Å²) < 4.78 is 13.3. The van der Waals surface area contributed by atoms with Crippen molar-refractivity contribution in [2.24, 2.45) is 5.92 Å². The highest BCUT2D eigenvalue weighted by Gasteiger charge is 2.24. The van der Waals surface area contributed by atoms with Gasteiger partial charge in [-0.2, -0.15) is 0 Å². The highest BCUT2D eigenvalue weighted by Crippen LogP contribution is 2.29. The molecule has 0 bridgehead atoms. The van der Waals surface area contributed by atoms with Crippen LogP contribution >= 0.6 is 11.6 Å². The number of nitrogens with one attached hydrogen (secondary N) is 2. The van der Waals surface area contributed by atoms with Crippen LogP contribution in [0.25, 0.3) is 10.9 Å². The summed E-state index contributed by atoms with van der Waals surface area (Å²) in [6.45, 7) is 4.53. The van der Waals surface area contributed by atoms with Crippen LogP contribution in [0.3, 0.4) is 0 Å². The molecule has 140 valence electrons. The zero-order chi connectivity index (χ0) is 19.0. The smallest absolute Gasteiger partial charge is 0.267 e. The van der Waals surface area contributed by atoms with E-state index in [2.05, 4.69) is 22.1 Å². The van der Waals surface area contributed by atoms with Gasteiger partial charge in [-0.1, -0.05) is 17.7 Å². The molecule has 4 nitrogen and oxygen atoms in total. The van der Waals surface area contributed by atoms with Crippen molar-refractivity contribution in [2.75, 3.05) is 24.5 Å². The number of aromatic amines is 1. The van der Waals surface area contributed by atoms with Gasteiger partial charge in [0.25, 0.3) is 5.91 Å². The molecule has 1 aromatic heterocycles. The van der Waals surface area contributed by atoms with Gasteiger partial charge in [-0.25, -0.2) is 4.39 Å². The average Bonchev–Trinajstić information content (AvgIpc) is 3.28. The van der Waals surface area contributed by atoms with E-state index in [1.54, 1.807) is 12.1 Å². The number of H-pyrrole nitrogens is 1. The summed E-state index contributed by atoms with van der Waals surface area (Å²) in [6.07, 6.45) is 1.02. The minimum Gasteiger partial charge on any atom is -0.371 e. The number of halogens is 2. The molecule has 0 saturated carbocycles.